The molecule has 0 bridgehead atoms. The maximum atomic E-state index is 11.8. The van der Waals surface area contributed by atoms with E-state index >= 15 is 0 Å². The van der Waals surface area contributed by atoms with Crippen molar-refractivity contribution in [3.8, 4) is 0 Å². The van der Waals surface area contributed by atoms with E-state index in [0.29, 0.717) is 38.3 Å². The van der Waals surface area contributed by atoms with Crippen LogP contribution in [0, 0.1) is 5.92 Å². The Morgan fingerprint density at radius 3 is 2.65 bits per heavy atom. The number of nitrogens with zero attached hydrogens (tertiary/aromatic N) is 2. The molecule has 2 rings (SSSR count). The van der Waals surface area contributed by atoms with E-state index in [2.05, 4.69) is 40.1 Å². The van der Waals surface area contributed by atoms with E-state index in [9.17, 15) is 9.59 Å². The highest BCUT2D eigenvalue weighted by Gasteiger charge is 2.25. The van der Waals surface area contributed by atoms with E-state index in [1.54, 1.807) is 11.3 Å². The Balaban J connectivity index is 0.00000338. The Kier molecular flexibility index (Phi) is 10.8. The average molecular weight is 492 g/mol. The molecule has 1 aliphatic heterocycles. The van der Waals surface area contributed by atoms with Gasteiger partial charge >= 0.3 is 0 Å². The molecule has 1 aromatic heterocycles. The van der Waals surface area contributed by atoms with Gasteiger partial charge in [0, 0.05) is 43.9 Å². The summed E-state index contributed by atoms with van der Waals surface area (Å²) in [5, 5.41) is 8.53. The second kappa shape index (κ2) is 12.3. The number of rotatable bonds is 8. The van der Waals surface area contributed by atoms with Gasteiger partial charge in [-0.25, -0.2) is 0 Å². The summed E-state index contributed by atoms with van der Waals surface area (Å²) in [6.07, 6.45) is 2.64. The monoisotopic (exact) mass is 492 g/mol. The lowest BCUT2D eigenvalue weighted by Gasteiger charge is -2.25. The van der Waals surface area contributed by atoms with Gasteiger partial charge in [0.1, 0.15) is 0 Å². The van der Waals surface area contributed by atoms with Crippen molar-refractivity contribution in [2.24, 2.45) is 10.9 Å². The fourth-order valence-corrected chi connectivity index (χ4v) is 3.63. The van der Waals surface area contributed by atoms with Gasteiger partial charge < -0.3 is 10.6 Å². The van der Waals surface area contributed by atoms with E-state index < -0.39 is 0 Å². The largest absolute Gasteiger partial charge is 0.357 e. The minimum atomic E-state index is -0.0652. The van der Waals surface area contributed by atoms with Crippen molar-refractivity contribution < 1.29 is 9.59 Å². The number of hydrogen-bond donors (Lipinski definition) is 2. The third-order valence-corrected chi connectivity index (χ3v) is 4.95. The summed E-state index contributed by atoms with van der Waals surface area (Å²) in [7, 11) is 0. The molecular formula is C18H29IN4O2S. The first-order valence-corrected chi connectivity index (χ1v) is 9.86. The van der Waals surface area contributed by atoms with Crippen molar-refractivity contribution in [1.82, 2.24) is 15.5 Å². The smallest absolute Gasteiger partial charge is 0.229 e. The number of imide groups is 1. The molecule has 0 aliphatic carbocycles. The summed E-state index contributed by atoms with van der Waals surface area (Å²) >= 11 is 1.78. The predicted octanol–water partition coefficient (Wildman–Crippen LogP) is 2.64. The second-order valence-corrected chi connectivity index (χ2v) is 7.36. The van der Waals surface area contributed by atoms with Crippen LogP contribution in [0.3, 0.4) is 0 Å². The van der Waals surface area contributed by atoms with Crippen LogP contribution in [0.15, 0.2) is 22.5 Å². The van der Waals surface area contributed by atoms with Gasteiger partial charge in [-0.15, -0.1) is 35.3 Å². The Labute approximate surface area is 176 Å². The summed E-state index contributed by atoms with van der Waals surface area (Å²) in [5.74, 6) is 1.06. The molecule has 0 saturated carbocycles. The molecule has 1 aliphatic rings. The van der Waals surface area contributed by atoms with Crippen LogP contribution in [0.1, 0.15) is 38.0 Å². The molecule has 0 spiro atoms. The van der Waals surface area contributed by atoms with Crippen molar-refractivity contribution in [3.05, 3.63) is 22.4 Å². The number of guanidine groups is 1. The Bertz CT molecular complexity index is 576. The number of hydrogen-bond acceptors (Lipinski definition) is 4. The van der Waals surface area contributed by atoms with Crippen molar-refractivity contribution in [3.63, 3.8) is 0 Å². The van der Waals surface area contributed by atoms with E-state index in [0.717, 1.165) is 25.5 Å². The van der Waals surface area contributed by atoms with Crippen LogP contribution in [0.2, 0.25) is 0 Å². The number of aliphatic imine (C=N–C) groups is 1. The Morgan fingerprint density at radius 2 is 2.04 bits per heavy atom. The number of likely N-dealkylation sites (tertiary alicyclic amines) is 1. The number of carbonyl (C=O) groups is 2. The maximum absolute atomic E-state index is 11.8. The lowest BCUT2D eigenvalue weighted by Crippen LogP contribution is -2.46. The molecule has 6 nitrogen and oxygen atoms in total. The molecule has 146 valence electrons. The molecule has 1 saturated heterocycles. The molecule has 0 aromatic carbocycles. The fourth-order valence-electron chi connectivity index (χ4n) is 2.76. The Hall–Kier alpha value is -1.16. The van der Waals surface area contributed by atoms with Crippen LogP contribution >= 0.6 is 35.3 Å². The topological polar surface area (TPSA) is 73.8 Å². The molecule has 1 atom stereocenters. The maximum Gasteiger partial charge on any atom is 0.229 e. The number of piperidine rings is 1. The van der Waals surface area contributed by atoms with Crippen molar-refractivity contribution in [1.29, 1.82) is 0 Å². The summed E-state index contributed by atoms with van der Waals surface area (Å²) in [5.41, 5.74) is 0. The van der Waals surface area contributed by atoms with Gasteiger partial charge in [0.05, 0.1) is 0 Å². The number of halogens is 1. The van der Waals surface area contributed by atoms with Crippen LogP contribution in [-0.4, -0.2) is 48.9 Å². The van der Waals surface area contributed by atoms with E-state index in [-0.39, 0.29) is 35.8 Å². The van der Waals surface area contributed by atoms with Crippen LogP contribution in [0.25, 0.3) is 0 Å². The van der Waals surface area contributed by atoms with Crippen LogP contribution in [-0.2, 0) is 16.0 Å². The molecule has 8 heteroatoms. The SMILES string of the molecule is CCNC(=NCC(C)Cc1cccs1)NCCN1C(=O)CCCC1=O.I. The molecule has 2 amide bonds. The second-order valence-electron chi connectivity index (χ2n) is 6.33. The van der Waals surface area contributed by atoms with Crippen LogP contribution in [0.5, 0.6) is 0 Å². The van der Waals surface area contributed by atoms with Gasteiger partial charge in [-0.2, -0.15) is 0 Å². The average Bonchev–Trinajstić information content (AvgIpc) is 3.08. The highest BCUT2D eigenvalue weighted by Crippen LogP contribution is 2.14. The van der Waals surface area contributed by atoms with Crippen LogP contribution in [0.4, 0.5) is 0 Å². The summed E-state index contributed by atoms with van der Waals surface area (Å²) in [4.78, 5) is 31.0. The summed E-state index contributed by atoms with van der Waals surface area (Å²) in [6, 6.07) is 4.23. The first-order chi connectivity index (χ1) is 12.1. The van der Waals surface area contributed by atoms with Crippen molar-refractivity contribution >= 4 is 53.1 Å². The normalized spacial score (nSPS) is 16.2. The van der Waals surface area contributed by atoms with Gasteiger partial charge in [0.2, 0.25) is 11.8 Å². The molecule has 26 heavy (non-hydrogen) atoms. The molecule has 0 radical (unpaired) electrons. The third-order valence-electron chi connectivity index (χ3n) is 4.05. The lowest BCUT2D eigenvalue weighted by atomic mass is 10.1. The molecule has 1 unspecified atom stereocenters. The quantitative estimate of drug-likeness (QED) is 0.253. The number of amides is 2. The minimum Gasteiger partial charge on any atom is -0.357 e. The summed E-state index contributed by atoms with van der Waals surface area (Å²) < 4.78 is 0. The van der Waals surface area contributed by atoms with E-state index in [1.807, 2.05) is 6.92 Å². The molecule has 2 N–H and O–H groups in total. The van der Waals surface area contributed by atoms with Gasteiger partial charge in [0.25, 0.3) is 0 Å². The standard InChI is InChI=1S/C18H28N4O2S.HI/c1-3-19-18(21-13-14(2)12-15-6-5-11-25-15)20-9-10-22-16(23)7-4-8-17(22)24;/h5-6,11,14H,3-4,7-10,12-13H2,1-2H3,(H2,19,20,21);1H. The number of nitrogens with one attached hydrogen (secondary N) is 2. The zero-order valence-corrected chi connectivity index (χ0v) is 18.6. The number of thiophene rings is 1. The van der Waals surface area contributed by atoms with E-state index in [1.165, 1.54) is 9.78 Å². The first-order valence-electron chi connectivity index (χ1n) is 8.98. The molecule has 1 fully saturated rings. The first kappa shape index (κ1) is 22.9. The van der Waals surface area contributed by atoms with Gasteiger partial charge in [-0.1, -0.05) is 13.0 Å². The summed E-state index contributed by atoms with van der Waals surface area (Å²) in [6.45, 7) is 6.62. The third kappa shape index (κ3) is 7.61. The zero-order valence-electron chi connectivity index (χ0n) is 15.5. The molecule has 2 heterocycles. The highest BCUT2D eigenvalue weighted by atomic mass is 127. The molecular weight excluding hydrogens is 463 g/mol. The van der Waals surface area contributed by atoms with Gasteiger partial charge in [-0.05, 0) is 37.1 Å². The minimum absolute atomic E-state index is 0. The van der Waals surface area contributed by atoms with Gasteiger partial charge in [-0.3, -0.25) is 19.5 Å². The number of carbonyl (C=O) groups excluding carboxylic acids is 2. The molecule has 1 aromatic rings. The van der Waals surface area contributed by atoms with E-state index in [4.69, 9.17) is 0 Å². The predicted molar refractivity (Wildman–Crippen MR) is 117 cm³/mol. The van der Waals surface area contributed by atoms with Gasteiger partial charge in [0.15, 0.2) is 5.96 Å². The van der Waals surface area contributed by atoms with Crippen molar-refractivity contribution in [2.75, 3.05) is 26.2 Å². The highest BCUT2D eigenvalue weighted by molar-refractivity contribution is 14.0. The lowest BCUT2D eigenvalue weighted by molar-refractivity contribution is -0.147. The fraction of sp³-hybridized carbons (Fsp3) is 0.611. The Morgan fingerprint density at radius 1 is 1.31 bits per heavy atom. The van der Waals surface area contributed by atoms with Crippen molar-refractivity contribution in [2.45, 2.75) is 39.5 Å². The van der Waals surface area contributed by atoms with Crippen LogP contribution < -0.4 is 10.6 Å². The zero-order chi connectivity index (χ0) is 18.1.